The molecule has 0 aliphatic carbocycles. The Kier molecular flexibility index (Phi) is 3.71. The zero-order chi connectivity index (χ0) is 14.2. The fourth-order valence-corrected chi connectivity index (χ4v) is 2.48. The summed E-state index contributed by atoms with van der Waals surface area (Å²) in [6.07, 6.45) is 1.10. The molecular formula is C13H22N2O4. The lowest BCUT2D eigenvalue weighted by Gasteiger charge is -2.37. The van der Waals surface area contributed by atoms with Gasteiger partial charge in [-0.3, -0.25) is 4.79 Å². The number of rotatable bonds is 1. The normalized spacial score (nSPS) is 31.1. The second kappa shape index (κ2) is 5.00. The Hall–Kier alpha value is -1.30. The van der Waals surface area contributed by atoms with Gasteiger partial charge in [-0.2, -0.15) is 0 Å². The van der Waals surface area contributed by atoms with Crippen LogP contribution in [-0.2, 0) is 14.3 Å². The Bertz CT molecular complexity index is 377. The van der Waals surface area contributed by atoms with Gasteiger partial charge in [-0.15, -0.1) is 0 Å². The molecule has 2 rings (SSSR count). The van der Waals surface area contributed by atoms with E-state index in [2.05, 4.69) is 5.32 Å². The van der Waals surface area contributed by atoms with E-state index in [9.17, 15) is 9.59 Å². The van der Waals surface area contributed by atoms with Gasteiger partial charge in [0.25, 0.3) is 0 Å². The van der Waals surface area contributed by atoms with Gasteiger partial charge < -0.3 is 19.7 Å². The summed E-state index contributed by atoms with van der Waals surface area (Å²) in [4.78, 5) is 25.7. The van der Waals surface area contributed by atoms with E-state index < -0.39 is 17.7 Å². The van der Waals surface area contributed by atoms with Crippen LogP contribution in [0.2, 0.25) is 0 Å². The van der Waals surface area contributed by atoms with E-state index in [-0.39, 0.29) is 24.8 Å². The smallest absolute Gasteiger partial charge is 0.408 e. The highest BCUT2D eigenvalue weighted by Gasteiger charge is 2.43. The molecule has 2 aliphatic heterocycles. The topological polar surface area (TPSA) is 67.9 Å². The second-order valence-electron chi connectivity index (χ2n) is 6.16. The lowest BCUT2D eigenvalue weighted by molar-refractivity contribution is -0.162. The molecule has 0 aromatic heterocycles. The number of nitrogens with one attached hydrogen (secondary N) is 1. The molecule has 0 spiro atoms. The first-order valence-corrected chi connectivity index (χ1v) is 6.71. The van der Waals surface area contributed by atoms with Gasteiger partial charge in [0.1, 0.15) is 17.9 Å². The van der Waals surface area contributed by atoms with Gasteiger partial charge in [-0.05, 0) is 40.5 Å². The lowest BCUT2D eigenvalue weighted by Crippen LogP contribution is -2.59. The maximum atomic E-state index is 12.3. The maximum Gasteiger partial charge on any atom is 0.408 e. The van der Waals surface area contributed by atoms with Crippen LogP contribution in [0, 0.1) is 0 Å². The van der Waals surface area contributed by atoms with Crippen LogP contribution < -0.4 is 5.32 Å². The molecule has 6 heteroatoms. The van der Waals surface area contributed by atoms with Crippen molar-refractivity contribution in [3.05, 3.63) is 0 Å². The van der Waals surface area contributed by atoms with Crippen molar-refractivity contribution in [3.63, 3.8) is 0 Å². The van der Waals surface area contributed by atoms with Crippen molar-refractivity contribution in [2.75, 3.05) is 6.61 Å². The molecule has 2 heterocycles. The van der Waals surface area contributed by atoms with Gasteiger partial charge in [0.15, 0.2) is 0 Å². The quantitative estimate of drug-likeness (QED) is 0.778. The average Bonchev–Trinajstić information content (AvgIpc) is 2.62. The summed E-state index contributed by atoms with van der Waals surface area (Å²) in [6, 6.07) is -0.479. The summed E-state index contributed by atoms with van der Waals surface area (Å²) in [5, 5.41) is 2.58. The standard InChI is InChI=1S/C13H22N2O4/c1-8-5-6-10-15(8)11(16)9(7-18-10)14-12(17)19-13(2,3)4/h8-10H,5-7H2,1-4H3,(H,14,17)/t8-,9-,10-/m0/s1. The van der Waals surface area contributed by atoms with E-state index >= 15 is 0 Å². The van der Waals surface area contributed by atoms with Crippen LogP contribution in [0.5, 0.6) is 0 Å². The molecule has 0 radical (unpaired) electrons. The molecular weight excluding hydrogens is 248 g/mol. The molecule has 0 aromatic carbocycles. The molecule has 0 bridgehead atoms. The van der Waals surface area contributed by atoms with Crippen LogP contribution in [0.15, 0.2) is 0 Å². The second-order valence-corrected chi connectivity index (χ2v) is 6.16. The Morgan fingerprint density at radius 3 is 2.74 bits per heavy atom. The molecule has 2 saturated heterocycles. The van der Waals surface area contributed by atoms with Gasteiger partial charge in [-0.1, -0.05) is 0 Å². The van der Waals surface area contributed by atoms with Crippen LogP contribution >= 0.6 is 0 Å². The van der Waals surface area contributed by atoms with Crippen molar-refractivity contribution >= 4 is 12.0 Å². The first-order valence-electron chi connectivity index (χ1n) is 6.71. The van der Waals surface area contributed by atoms with Crippen LogP contribution in [0.4, 0.5) is 4.79 Å². The van der Waals surface area contributed by atoms with E-state index in [1.165, 1.54) is 0 Å². The Morgan fingerprint density at radius 1 is 1.42 bits per heavy atom. The van der Waals surface area contributed by atoms with Crippen molar-refractivity contribution in [1.29, 1.82) is 0 Å². The van der Waals surface area contributed by atoms with Gasteiger partial charge in [-0.25, -0.2) is 4.79 Å². The van der Waals surface area contributed by atoms with Crippen LogP contribution in [0.3, 0.4) is 0 Å². The van der Waals surface area contributed by atoms with Crippen LogP contribution in [0.1, 0.15) is 40.5 Å². The Morgan fingerprint density at radius 2 is 2.11 bits per heavy atom. The van der Waals surface area contributed by atoms with Crippen molar-refractivity contribution in [1.82, 2.24) is 10.2 Å². The van der Waals surface area contributed by atoms with Gasteiger partial charge >= 0.3 is 6.09 Å². The number of nitrogens with zero attached hydrogens (tertiary/aromatic N) is 1. The minimum Gasteiger partial charge on any atom is -0.444 e. The highest BCUT2D eigenvalue weighted by Crippen LogP contribution is 2.28. The van der Waals surface area contributed by atoms with Crippen molar-refractivity contribution in [2.45, 2.75) is 64.4 Å². The predicted molar refractivity (Wildman–Crippen MR) is 68.4 cm³/mol. The minimum atomic E-state index is -0.647. The van der Waals surface area contributed by atoms with Crippen molar-refractivity contribution in [2.24, 2.45) is 0 Å². The zero-order valence-electron chi connectivity index (χ0n) is 11.9. The third-order valence-electron chi connectivity index (χ3n) is 3.32. The van der Waals surface area contributed by atoms with Crippen molar-refractivity contribution in [3.8, 4) is 0 Å². The molecule has 6 nitrogen and oxygen atoms in total. The summed E-state index contributed by atoms with van der Waals surface area (Å²) in [5.74, 6) is -0.0768. The number of carbonyl (C=O) groups excluding carboxylic acids is 2. The largest absolute Gasteiger partial charge is 0.444 e. The number of fused-ring (bicyclic) bond motifs is 1. The first kappa shape index (κ1) is 14.1. The summed E-state index contributed by atoms with van der Waals surface area (Å²) in [5.41, 5.74) is -0.577. The molecule has 2 fully saturated rings. The van der Waals surface area contributed by atoms with Crippen LogP contribution in [0.25, 0.3) is 0 Å². The molecule has 3 atom stereocenters. The summed E-state index contributed by atoms with van der Waals surface area (Å²) in [6.45, 7) is 7.56. The van der Waals surface area contributed by atoms with Crippen LogP contribution in [-0.4, -0.2) is 47.4 Å². The number of hydrogen-bond donors (Lipinski definition) is 1. The van der Waals surface area contributed by atoms with E-state index in [0.717, 1.165) is 12.8 Å². The molecule has 0 unspecified atom stereocenters. The molecule has 19 heavy (non-hydrogen) atoms. The summed E-state index contributed by atoms with van der Waals surface area (Å²) in [7, 11) is 0. The lowest BCUT2D eigenvalue weighted by atomic mass is 10.2. The third kappa shape index (κ3) is 3.18. The summed E-state index contributed by atoms with van der Waals surface area (Å²) < 4.78 is 10.8. The van der Waals surface area contributed by atoms with E-state index in [4.69, 9.17) is 9.47 Å². The zero-order valence-corrected chi connectivity index (χ0v) is 11.9. The number of amides is 2. The number of alkyl carbamates (subject to hydrolysis) is 1. The van der Waals surface area contributed by atoms with Gasteiger partial charge in [0.05, 0.1) is 6.61 Å². The van der Waals surface area contributed by atoms with Gasteiger partial charge in [0, 0.05) is 6.04 Å². The number of ether oxygens (including phenoxy) is 2. The van der Waals surface area contributed by atoms with E-state index in [1.54, 1.807) is 25.7 Å². The van der Waals surface area contributed by atoms with Crippen molar-refractivity contribution < 1.29 is 19.1 Å². The maximum absolute atomic E-state index is 12.3. The van der Waals surface area contributed by atoms with Gasteiger partial charge in [0.2, 0.25) is 5.91 Å². The summed E-state index contributed by atoms with van der Waals surface area (Å²) >= 11 is 0. The Labute approximate surface area is 113 Å². The fourth-order valence-electron chi connectivity index (χ4n) is 2.48. The molecule has 2 aliphatic rings. The average molecular weight is 270 g/mol. The molecule has 108 valence electrons. The predicted octanol–water partition coefficient (Wildman–Crippen LogP) is 1.25. The molecule has 0 aromatic rings. The molecule has 1 N–H and O–H groups in total. The first-order chi connectivity index (χ1) is 8.78. The Balaban J connectivity index is 1.95. The monoisotopic (exact) mass is 270 g/mol. The van der Waals surface area contributed by atoms with E-state index in [1.807, 2.05) is 6.92 Å². The fraction of sp³-hybridized carbons (Fsp3) is 0.846. The third-order valence-corrected chi connectivity index (χ3v) is 3.32. The highest BCUT2D eigenvalue weighted by atomic mass is 16.6. The molecule has 2 amide bonds. The highest BCUT2D eigenvalue weighted by molar-refractivity contribution is 5.87. The number of carbonyl (C=O) groups is 2. The SMILES string of the molecule is C[C@H]1CC[C@@H]2OC[C@H](NC(=O)OC(C)(C)C)C(=O)N21. The molecule has 0 saturated carbocycles. The minimum absolute atomic E-state index is 0.0768. The number of hydrogen-bond acceptors (Lipinski definition) is 4. The van der Waals surface area contributed by atoms with E-state index in [0.29, 0.717) is 0 Å².